The Hall–Kier alpha value is -1.83. The molecule has 1 heterocycles. The Morgan fingerprint density at radius 2 is 1.78 bits per heavy atom. The molecule has 2 rings (SSSR count). The number of aromatic nitrogens is 1. The summed E-state index contributed by atoms with van der Waals surface area (Å²) in [5, 5.41) is 0. The molecule has 2 nitrogen and oxygen atoms in total. The predicted octanol–water partition coefficient (Wildman–Crippen LogP) is 3.55. The number of H-pyrrole nitrogens is 1. The Balaban J connectivity index is 2.31. The quantitative estimate of drug-likeness (QED) is 0.875. The predicted molar refractivity (Wildman–Crippen MR) is 75.8 cm³/mol. The van der Waals surface area contributed by atoms with Crippen molar-refractivity contribution in [1.82, 2.24) is 4.98 Å². The van der Waals surface area contributed by atoms with Crippen molar-refractivity contribution in [2.75, 3.05) is 0 Å². The largest absolute Gasteiger partial charge is 0.322 e. The van der Waals surface area contributed by atoms with Crippen LogP contribution in [-0.2, 0) is 6.42 Å². The van der Waals surface area contributed by atoms with Gasteiger partial charge in [-0.25, -0.2) is 0 Å². The van der Waals surface area contributed by atoms with Crippen LogP contribution < -0.4 is 5.56 Å². The van der Waals surface area contributed by atoms with E-state index in [0.717, 1.165) is 23.2 Å². The molecule has 0 radical (unpaired) electrons. The SMILES string of the molecule is Cc1cc(-c2ccc(CC(C)C)cc2)[nH]c(=O)c1. The summed E-state index contributed by atoms with van der Waals surface area (Å²) in [6, 6.07) is 12.0. The normalized spacial score (nSPS) is 10.9. The van der Waals surface area contributed by atoms with Gasteiger partial charge >= 0.3 is 0 Å². The molecule has 18 heavy (non-hydrogen) atoms. The lowest BCUT2D eigenvalue weighted by molar-refractivity contribution is 0.647. The minimum absolute atomic E-state index is 0.0451. The van der Waals surface area contributed by atoms with Crippen molar-refractivity contribution in [2.24, 2.45) is 5.92 Å². The third-order valence-electron chi connectivity index (χ3n) is 2.90. The Bertz CT molecular complexity index is 579. The van der Waals surface area contributed by atoms with Gasteiger partial charge in [0.15, 0.2) is 0 Å². The first-order chi connectivity index (χ1) is 8.54. The van der Waals surface area contributed by atoms with Crippen LogP contribution in [-0.4, -0.2) is 4.98 Å². The first-order valence-corrected chi connectivity index (χ1v) is 6.35. The summed E-state index contributed by atoms with van der Waals surface area (Å²) in [5.74, 6) is 0.662. The van der Waals surface area contributed by atoms with E-state index in [2.05, 4.69) is 43.1 Å². The molecule has 94 valence electrons. The average molecular weight is 241 g/mol. The van der Waals surface area contributed by atoms with Crippen molar-refractivity contribution in [2.45, 2.75) is 27.2 Å². The zero-order chi connectivity index (χ0) is 13.1. The van der Waals surface area contributed by atoms with Crippen molar-refractivity contribution in [3.05, 3.63) is 57.9 Å². The van der Waals surface area contributed by atoms with Crippen LogP contribution in [0.5, 0.6) is 0 Å². The zero-order valence-electron chi connectivity index (χ0n) is 11.2. The second kappa shape index (κ2) is 5.21. The van der Waals surface area contributed by atoms with Gasteiger partial charge in [-0.3, -0.25) is 4.79 Å². The van der Waals surface area contributed by atoms with E-state index >= 15 is 0 Å². The highest BCUT2D eigenvalue weighted by atomic mass is 16.1. The minimum Gasteiger partial charge on any atom is -0.322 e. The van der Waals surface area contributed by atoms with E-state index in [9.17, 15) is 4.79 Å². The monoisotopic (exact) mass is 241 g/mol. The third-order valence-corrected chi connectivity index (χ3v) is 2.90. The Kier molecular flexibility index (Phi) is 3.66. The van der Waals surface area contributed by atoms with Gasteiger partial charge < -0.3 is 4.98 Å². The molecule has 2 heteroatoms. The summed E-state index contributed by atoms with van der Waals surface area (Å²) in [5.41, 5.74) is 4.22. The van der Waals surface area contributed by atoms with E-state index in [-0.39, 0.29) is 5.56 Å². The molecule has 2 aromatic rings. The topological polar surface area (TPSA) is 32.9 Å². The van der Waals surface area contributed by atoms with Crippen LogP contribution in [0.15, 0.2) is 41.2 Å². The van der Waals surface area contributed by atoms with Gasteiger partial charge in [-0.05, 0) is 42.0 Å². The van der Waals surface area contributed by atoms with E-state index in [1.54, 1.807) is 6.07 Å². The molecular weight excluding hydrogens is 222 g/mol. The highest BCUT2D eigenvalue weighted by Crippen LogP contribution is 2.18. The third kappa shape index (κ3) is 3.10. The summed E-state index contributed by atoms with van der Waals surface area (Å²) in [7, 11) is 0. The highest BCUT2D eigenvalue weighted by molar-refractivity contribution is 5.59. The van der Waals surface area contributed by atoms with Crippen LogP contribution in [0.4, 0.5) is 0 Å². The fourth-order valence-electron chi connectivity index (χ4n) is 2.13. The number of aromatic amines is 1. The number of nitrogens with one attached hydrogen (secondary N) is 1. The van der Waals surface area contributed by atoms with Crippen molar-refractivity contribution < 1.29 is 0 Å². The van der Waals surface area contributed by atoms with Crippen LogP contribution in [0.25, 0.3) is 11.3 Å². The number of benzene rings is 1. The van der Waals surface area contributed by atoms with E-state index in [4.69, 9.17) is 0 Å². The second-order valence-electron chi connectivity index (χ2n) is 5.23. The fraction of sp³-hybridized carbons (Fsp3) is 0.312. The molecule has 1 aromatic carbocycles. The molecule has 0 atom stereocenters. The van der Waals surface area contributed by atoms with Crippen molar-refractivity contribution >= 4 is 0 Å². The number of rotatable bonds is 3. The smallest absolute Gasteiger partial charge is 0.248 e. The number of aryl methyl sites for hydroxylation is 1. The molecule has 0 aliphatic rings. The van der Waals surface area contributed by atoms with Gasteiger partial charge in [0.1, 0.15) is 0 Å². The number of hydrogen-bond acceptors (Lipinski definition) is 1. The average Bonchev–Trinajstić information content (AvgIpc) is 2.27. The maximum absolute atomic E-state index is 11.4. The number of pyridine rings is 1. The molecule has 0 saturated heterocycles. The lowest BCUT2D eigenvalue weighted by atomic mass is 10.0. The molecular formula is C16H19NO. The lowest BCUT2D eigenvalue weighted by Gasteiger charge is -2.07. The Morgan fingerprint density at radius 3 is 2.33 bits per heavy atom. The van der Waals surface area contributed by atoms with E-state index in [1.807, 2.05) is 13.0 Å². The molecule has 0 aliphatic carbocycles. The van der Waals surface area contributed by atoms with Gasteiger partial charge in [0.25, 0.3) is 0 Å². The summed E-state index contributed by atoms with van der Waals surface area (Å²) in [6.45, 7) is 6.36. The number of hydrogen-bond donors (Lipinski definition) is 1. The summed E-state index contributed by atoms with van der Waals surface area (Å²) >= 11 is 0. The molecule has 0 fully saturated rings. The van der Waals surface area contributed by atoms with Gasteiger partial charge in [-0.15, -0.1) is 0 Å². The summed E-state index contributed by atoms with van der Waals surface area (Å²) < 4.78 is 0. The fourth-order valence-corrected chi connectivity index (χ4v) is 2.13. The standard InChI is InChI=1S/C16H19NO/c1-11(2)8-13-4-6-14(7-5-13)15-9-12(3)10-16(18)17-15/h4-7,9-11H,8H2,1-3H3,(H,17,18). The molecule has 0 unspecified atom stereocenters. The molecule has 0 saturated carbocycles. The molecule has 0 aliphatic heterocycles. The summed E-state index contributed by atoms with van der Waals surface area (Å²) in [6.07, 6.45) is 1.09. The van der Waals surface area contributed by atoms with Crippen molar-refractivity contribution in [3.8, 4) is 11.3 Å². The summed E-state index contributed by atoms with van der Waals surface area (Å²) in [4.78, 5) is 14.3. The first kappa shape index (κ1) is 12.6. The Labute approximate surface area is 108 Å². The minimum atomic E-state index is -0.0451. The van der Waals surface area contributed by atoms with Crippen LogP contribution in [0.1, 0.15) is 25.0 Å². The first-order valence-electron chi connectivity index (χ1n) is 6.35. The van der Waals surface area contributed by atoms with Crippen LogP contribution >= 0.6 is 0 Å². The maximum Gasteiger partial charge on any atom is 0.248 e. The van der Waals surface area contributed by atoms with Gasteiger partial charge in [0.05, 0.1) is 0 Å². The maximum atomic E-state index is 11.4. The van der Waals surface area contributed by atoms with Crippen molar-refractivity contribution in [1.29, 1.82) is 0 Å². The van der Waals surface area contributed by atoms with Gasteiger partial charge in [0, 0.05) is 11.8 Å². The van der Waals surface area contributed by atoms with Gasteiger partial charge in [0.2, 0.25) is 5.56 Å². The molecule has 0 bridgehead atoms. The van der Waals surface area contributed by atoms with Crippen LogP contribution in [0.3, 0.4) is 0 Å². The van der Waals surface area contributed by atoms with Crippen molar-refractivity contribution in [3.63, 3.8) is 0 Å². The van der Waals surface area contributed by atoms with E-state index in [1.165, 1.54) is 5.56 Å². The lowest BCUT2D eigenvalue weighted by Crippen LogP contribution is -2.05. The van der Waals surface area contributed by atoms with Gasteiger partial charge in [-0.1, -0.05) is 38.1 Å². The van der Waals surface area contributed by atoms with E-state index < -0.39 is 0 Å². The second-order valence-corrected chi connectivity index (χ2v) is 5.23. The molecule has 1 aromatic heterocycles. The highest BCUT2D eigenvalue weighted by Gasteiger charge is 2.02. The van der Waals surface area contributed by atoms with Gasteiger partial charge in [-0.2, -0.15) is 0 Å². The molecule has 0 amide bonds. The zero-order valence-corrected chi connectivity index (χ0v) is 11.2. The molecule has 1 N–H and O–H groups in total. The van der Waals surface area contributed by atoms with Crippen LogP contribution in [0, 0.1) is 12.8 Å². The van der Waals surface area contributed by atoms with E-state index in [0.29, 0.717) is 5.92 Å². The van der Waals surface area contributed by atoms with Crippen LogP contribution in [0.2, 0.25) is 0 Å². The Morgan fingerprint density at radius 1 is 1.11 bits per heavy atom. The molecule has 0 spiro atoms.